The zero-order valence-electron chi connectivity index (χ0n) is 8.76. The normalized spacial score (nSPS) is 33.5. The Morgan fingerprint density at radius 1 is 1.23 bits per heavy atom. The molecule has 0 aromatic heterocycles. The number of likely N-dealkylation sites (tertiary alicyclic amines) is 1. The maximum absolute atomic E-state index is 3.47. The minimum atomic E-state index is 0.815. The monoisotopic (exact) mass is 182 g/mol. The molecule has 2 fully saturated rings. The Labute approximate surface area is 81.7 Å². The minimum absolute atomic E-state index is 0.815. The smallest absolute Gasteiger partial charge is 0.0108 e. The van der Waals surface area contributed by atoms with Gasteiger partial charge in [0.05, 0.1) is 0 Å². The molecular weight excluding hydrogens is 160 g/mol. The summed E-state index contributed by atoms with van der Waals surface area (Å²) in [6.45, 7) is 7.60. The Balaban J connectivity index is 1.83. The van der Waals surface area contributed by atoms with Gasteiger partial charge in [0.15, 0.2) is 0 Å². The summed E-state index contributed by atoms with van der Waals surface area (Å²) in [5.41, 5.74) is 0. The van der Waals surface area contributed by atoms with E-state index in [-0.39, 0.29) is 0 Å². The molecule has 13 heavy (non-hydrogen) atoms. The average Bonchev–Trinajstić information content (AvgIpc) is 2.71. The van der Waals surface area contributed by atoms with Crippen LogP contribution in [0.5, 0.6) is 0 Å². The van der Waals surface area contributed by atoms with E-state index >= 15 is 0 Å². The van der Waals surface area contributed by atoms with Crippen LogP contribution in [0.15, 0.2) is 0 Å². The topological polar surface area (TPSA) is 15.3 Å². The van der Waals surface area contributed by atoms with Crippen LogP contribution in [-0.2, 0) is 0 Å². The summed E-state index contributed by atoms with van der Waals surface area (Å²) < 4.78 is 0. The molecule has 0 bridgehead atoms. The lowest BCUT2D eigenvalue weighted by molar-refractivity contribution is 0.134. The first-order chi connectivity index (χ1) is 6.38. The molecule has 0 saturated carbocycles. The van der Waals surface area contributed by atoms with Crippen LogP contribution in [0.1, 0.15) is 32.6 Å². The van der Waals surface area contributed by atoms with Crippen LogP contribution in [0.25, 0.3) is 0 Å². The van der Waals surface area contributed by atoms with Crippen molar-refractivity contribution in [2.75, 3.05) is 26.2 Å². The first-order valence-corrected chi connectivity index (χ1v) is 5.82. The molecule has 2 aliphatic rings. The van der Waals surface area contributed by atoms with Crippen molar-refractivity contribution in [3.05, 3.63) is 0 Å². The fourth-order valence-electron chi connectivity index (χ4n) is 2.71. The second-order valence-electron chi connectivity index (χ2n) is 4.59. The Morgan fingerprint density at radius 3 is 2.62 bits per heavy atom. The lowest BCUT2D eigenvalue weighted by Gasteiger charge is -2.35. The molecule has 0 radical (unpaired) electrons. The van der Waals surface area contributed by atoms with Crippen LogP contribution in [0.2, 0.25) is 0 Å². The zero-order chi connectivity index (χ0) is 9.10. The van der Waals surface area contributed by atoms with Gasteiger partial charge in [0.25, 0.3) is 0 Å². The SMILES string of the molecule is C[C@@H]([C@H]1CCNC1)N1CCCCC1. The fraction of sp³-hybridized carbons (Fsp3) is 1.00. The van der Waals surface area contributed by atoms with E-state index in [2.05, 4.69) is 17.1 Å². The van der Waals surface area contributed by atoms with Gasteiger partial charge in [-0.2, -0.15) is 0 Å². The van der Waals surface area contributed by atoms with E-state index < -0.39 is 0 Å². The maximum Gasteiger partial charge on any atom is 0.0108 e. The van der Waals surface area contributed by atoms with E-state index in [4.69, 9.17) is 0 Å². The zero-order valence-corrected chi connectivity index (χ0v) is 8.76. The van der Waals surface area contributed by atoms with Gasteiger partial charge in [-0.1, -0.05) is 6.42 Å². The summed E-state index contributed by atoms with van der Waals surface area (Å²) >= 11 is 0. The Kier molecular flexibility index (Phi) is 3.23. The molecule has 2 aliphatic heterocycles. The minimum Gasteiger partial charge on any atom is -0.316 e. The molecule has 2 nitrogen and oxygen atoms in total. The standard InChI is InChI=1S/C11H22N2/c1-10(11-5-6-12-9-11)13-7-3-2-4-8-13/h10-12H,2-9H2,1H3/t10-,11-/m0/s1. The Hall–Kier alpha value is -0.0800. The third-order valence-corrected chi connectivity index (χ3v) is 3.75. The third-order valence-electron chi connectivity index (χ3n) is 3.75. The van der Waals surface area contributed by atoms with Gasteiger partial charge in [0.2, 0.25) is 0 Å². The van der Waals surface area contributed by atoms with Crippen molar-refractivity contribution in [2.45, 2.75) is 38.6 Å². The first-order valence-electron chi connectivity index (χ1n) is 5.82. The number of nitrogens with one attached hydrogen (secondary N) is 1. The predicted molar refractivity (Wildman–Crippen MR) is 55.9 cm³/mol. The highest BCUT2D eigenvalue weighted by molar-refractivity contribution is 4.83. The third kappa shape index (κ3) is 2.23. The number of rotatable bonds is 2. The van der Waals surface area contributed by atoms with E-state index in [9.17, 15) is 0 Å². The van der Waals surface area contributed by atoms with Crippen LogP contribution in [0, 0.1) is 5.92 Å². The van der Waals surface area contributed by atoms with Crippen molar-refractivity contribution in [2.24, 2.45) is 5.92 Å². The number of piperidine rings is 1. The highest BCUT2D eigenvalue weighted by Gasteiger charge is 2.26. The summed E-state index contributed by atoms with van der Waals surface area (Å²) in [5, 5.41) is 3.47. The van der Waals surface area contributed by atoms with Gasteiger partial charge in [0.1, 0.15) is 0 Å². The van der Waals surface area contributed by atoms with Crippen molar-refractivity contribution in [1.29, 1.82) is 0 Å². The molecule has 1 N–H and O–H groups in total. The number of nitrogens with zero attached hydrogens (tertiary/aromatic N) is 1. The van der Waals surface area contributed by atoms with Crippen molar-refractivity contribution < 1.29 is 0 Å². The van der Waals surface area contributed by atoms with Crippen molar-refractivity contribution in [3.63, 3.8) is 0 Å². The number of hydrogen-bond acceptors (Lipinski definition) is 2. The summed E-state index contributed by atoms with van der Waals surface area (Å²) in [7, 11) is 0. The molecule has 2 saturated heterocycles. The predicted octanol–water partition coefficient (Wildman–Crippen LogP) is 1.47. The molecule has 0 aromatic rings. The molecular formula is C11H22N2. The van der Waals surface area contributed by atoms with Gasteiger partial charge in [-0.3, -0.25) is 0 Å². The van der Waals surface area contributed by atoms with Crippen LogP contribution in [0.3, 0.4) is 0 Å². The molecule has 0 spiro atoms. The van der Waals surface area contributed by atoms with Gasteiger partial charge in [-0.05, 0) is 58.3 Å². The largest absolute Gasteiger partial charge is 0.316 e. The molecule has 0 aromatic carbocycles. The second kappa shape index (κ2) is 4.43. The van der Waals surface area contributed by atoms with E-state index in [1.165, 1.54) is 51.9 Å². The van der Waals surface area contributed by atoms with E-state index in [1.807, 2.05) is 0 Å². The highest BCUT2D eigenvalue weighted by Crippen LogP contribution is 2.21. The molecule has 2 heterocycles. The summed E-state index contributed by atoms with van der Waals surface area (Å²) in [5.74, 6) is 0.915. The van der Waals surface area contributed by atoms with Crippen LogP contribution in [0.4, 0.5) is 0 Å². The highest BCUT2D eigenvalue weighted by atomic mass is 15.2. The van der Waals surface area contributed by atoms with E-state index in [1.54, 1.807) is 0 Å². The maximum atomic E-state index is 3.47. The van der Waals surface area contributed by atoms with Crippen LogP contribution >= 0.6 is 0 Å². The fourth-order valence-corrected chi connectivity index (χ4v) is 2.71. The molecule has 76 valence electrons. The summed E-state index contributed by atoms with van der Waals surface area (Å²) in [6.07, 6.45) is 5.68. The molecule has 2 rings (SSSR count). The van der Waals surface area contributed by atoms with Gasteiger partial charge in [0, 0.05) is 6.04 Å². The second-order valence-corrected chi connectivity index (χ2v) is 4.59. The molecule has 2 heteroatoms. The molecule has 2 atom stereocenters. The summed E-state index contributed by atoms with van der Waals surface area (Å²) in [4.78, 5) is 2.70. The average molecular weight is 182 g/mol. The van der Waals surface area contributed by atoms with Crippen LogP contribution in [-0.4, -0.2) is 37.1 Å². The molecule has 0 unspecified atom stereocenters. The Morgan fingerprint density at radius 2 is 2.00 bits per heavy atom. The number of hydrogen-bond donors (Lipinski definition) is 1. The van der Waals surface area contributed by atoms with Gasteiger partial charge >= 0.3 is 0 Å². The van der Waals surface area contributed by atoms with E-state index in [0.29, 0.717) is 0 Å². The molecule has 0 aliphatic carbocycles. The van der Waals surface area contributed by atoms with Gasteiger partial charge < -0.3 is 10.2 Å². The van der Waals surface area contributed by atoms with Gasteiger partial charge in [-0.15, -0.1) is 0 Å². The van der Waals surface area contributed by atoms with Crippen molar-refractivity contribution in [3.8, 4) is 0 Å². The van der Waals surface area contributed by atoms with Gasteiger partial charge in [-0.25, -0.2) is 0 Å². The van der Waals surface area contributed by atoms with Crippen molar-refractivity contribution in [1.82, 2.24) is 10.2 Å². The summed E-state index contributed by atoms with van der Waals surface area (Å²) in [6, 6.07) is 0.815. The van der Waals surface area contributed by atoms with Crippen LogP contribution < -0.4 is 5.32 Å². The van der Waals surface area contributed by atoms with E-state index in [0.717, 1.165) is 12.0 Å². The lowest BCUT2D eigenvalue weighted by Crippen LogP contribution is -2.42. The molecule has 0 amide bonds. The first kappa shape index (κ1) is 9.47. The Bertz CT molecular complexity index is 146. The lowest BCUT2D eigenvalue weighted by atomic mass is 9.97. The van der Waals surface area contributed by atoms with Crippen molar-refractivity contribution >= 4 is 0 Å². The quantitative estimate of drug-likeness (QED) is 0.695.